The van der Waals surface area contributed by atoms with Crippen molar-refractivity contribution in [3.63, 3.8) is 0 Å². The second-order valence-corrected chi connectivity index (χ2v) is 7.27. The maximum atomic E-state index is 12.4. The molecule has 0 spiro atoms. The van der Waals surface area contributed by atoms with Gasteiger partial charge in [0.1, 0.15) is 4.90 Å². The number of anilines is 1. The van der Waals surface area contributed by atoms with E-state index in [4.69, 9.17) is 5.73 Å². The fourth-order valence-corrected chi connectivity index (χ4v) is 3.82. The van der Waals surface area contributed by atoms with Crippen LogP contribution >= 0.6 is 0 Å². The van der Waals surface area contributed by atoms with E-state index in [9.17, 15) is 8.42 Å². The van der Waals surface area contributed by atoms with Crippen molar-refractivity contribution < 1.29 is 8.42 Å². The van der Waals surface area contributed by atoms with Crippen LogP contribution < -0.4 is 5.73 Å². The minimum absolute atomic E-state index is 0.0536. The van der Waals surface area contributed by atoms with Gasteiger partial charge in [0, 0.05) is 33.4 Å². The van der Waals surface area contributed by atoms with Gasteiger partial charge in [-0.1, -0.05) is 0 Å². The minimum atomic E-state index is -3.55. The van der Waals surface area contributed by atoms with Gasteiger partial charge in [-0.05, 0) is 25.9 Å². The van der Waals surface area contributed by atoms with Crippen LogP contribution in [0.2, 0.25) is 0 Å². The van der Waals surface area contributed by atoms with E-state index in [0.29, 0.717) is 12.5 Å². The highest BCUT2D eigenvalue weighted by Crippen LogP contribution is 2.22. The summed E-state index contributed by atoms with van der Waals surface area (Å²) in [5.41, 5.74) is 5.65. The molecule has 0 aliphatic carbocycles. The third-order valence-electron chi connectivity index (χ3n) is 3.51. The number of aryl methyl sites for hydroxylation is 1. The molecule has 0 bridgehead atoms. The molecular formula is C11H21N5O2S. The average Bonchev–Trinajstić information content (AvgIpc) is 2.85. The van der Waals surface area contributed by atoms with E-state index in [1.165, 1.54) is 15.2 Å². The van der Waals surface area contributed by atoms with Crippen LogP contribution in [0.4, 0.5) is 5.82 Å². The van der Waals surface area contributed by atoms with Gasteiger partial charge in [-0.2, -0.15) is 5.10 Å². The number of hydrogen-bond donors (Lipinski definition) is 1. The molecule has 2 rings (SSSR count). The summed E-state index contributed by atoms with van der Waals surface area (Å²) in [5, 5.41) is 3.88. The molecule has 1 aliphatic rings. The molecule has 0 radical (unpaired) electrons. The number of nitrogens with zero attached hydrogens (tertiary/aromatic N) is 4. The second-order valence-electron chi connectivity index (χ2n) is 5.25. The third kappa shape index (κ3) is 2.90. The van der Waals surface area contributed by atoms with Crippen molar-refractivity contribution in [2.45, 2.75) is 11.3 Å². The number of rotatable bonds is 4. The molecule has 2 N–H and O–H groups in total. The van der Waals surface area contributed by atoms with Gasteiger partial charge in [-0.25, -0.2) is 12.7 Å². The molecule has 1 atom stereocenters. The average molecular weight is 287 g/mol. The van der Waals surface area contributed by atoms with Gasteiger partial charge in [0.2, 0.25) is 10.0 Å². The molecule has 19 heavy (non-hydrogen) atoms. The van der Waals surface area contributed by atoms with Crippen LogP contribution in [0.3, 0.4) is 0 Å². The summed E-state index contributed by atoms with van der Waals surface area (Å²) in [6.45, 7) is 2.47. The van der Waals surface area contributed by atoms with Gasteiger partial charge < -0.3 is 10.6 Å². The van der Waals surface area contributed by atoms with E-state index in [2.05, 4.69) is 10.00 Å². The maximum absolute atomic E-state index is 12.4. The summed E-state index contributed by atoms with van der Waals surface area (Å²) >= 11 is 0. The van der Waals surface area contributed by atoms with Gasteiger partial charge >= 0.3 is 0 Å². The number of nitrogens with two attached hydrogens (primary N) is 1. The molecular weight excluding hydrogens is 266 g/mol. The quantitative estimate of drug-likeness (QED) is 0.812. The Balaban J connectivity index is 2.13. The topological polar surface area (TPSA) is 84.5 Å². The zero-order valence-electron chi connectivity index (χ0n) is 11.6. The zero-order chi connectivity index (χ0) is 14.2. The van der Waals surface area contributed by atoms with Crippen LogP contribution in [-0.2, 0) is 17.1 Å². The highest BCUT2D eigenvalue weighted by Gasteiger charge is 2.29. The molecule has 0 saturated carbocycles. The zero-order valence-corrected chi connectivity index (χ0v) is 12.4. The van der Waals surface area contributed by atoms with Crippen LogP contribution in [0.1, 0.15) is 6.42 Å². The van der Waals surface area contributed by atoms with Crippen molar-refractivity contribution in [1.29, 1.82) is 0 Å². The lowest BCUT2D eigenvalue weighted by molar-refractivity contribution is 0.357. The van der Waals surface area contributed by atoms with E-state index < -0.39 is 10.0 Å². The number of sulfonamides is 1. The maximum Gasteiger partial charge on any atom is 0.248 e. The van der Waals surface area contributed by atoms with E-state index in [0.717, 1.165) is 19.5 Å². The first-order valence-electron chi connectivity index (χ1n) is 6.24. The van der Waals surface area contributed by atoms with E-state index in [1.807, 2.05) is 7.05 Å². The van der Waals surface area contributed by atoms with E-state index in [-0.39, 0.29) is 10.7 Å². The number of aromatic nitrogens is 2. The number of hydrogen-bond acceptors (Lipinski definition) is 5. The monoisotopic (exact) mass is 287 g/mol. The molecule has 1 saturated heterocycles. The van der Waals surface area contributed by atoms with Crippen molar-refractivity contribution in [2.24, 2.45) is 13.0 Å². The molecule has 8 heteroatoms. The minimum Gasteiger partial charge on any atom is -0.381 e. The molecule has 1 aromatic rings. The summed E-state index contributed by atoms with van der Waals surface area (Å²) in [6, 6.07) is 0. The van der Waals surface area contributed by atoms with Gasteiger partial charge in [0.15, 0.2) is 5.82 Å². The molecule has 0 aromatic carbocycles. The lowest BCUT2D eigenvalue weighted by Crippen LogP contribution is -2.33. The Morgan fingerprint density at radius 3 is 2.68 bits per heavy atom. The predicted molar refractivity (Wildman–Crippen MR) is 73.0 cm³/mol. The Labute approximate surface area is 114 Å². The van der Waals surface area contributed by atoms with Gasteiger partial charge in [-0.3, -0.25) is 4.68 Å². The van der Waals surface area contributed by atoms with Crippen LogP contribution in [0.5, 0.6) is 0 Å². The van der Waals surface area contributed by atoms with Crippen LogP contribution in [-0.4, -0.2) is 61.1 Å². The van der Waals surface area contributed by atoms with Crippen molar-refractivity contribution in [2.75, 3.05) is 39.5 Å². The van der Waals surface area contributed by atoms with Crippen molar-refractivity contribution in [1.82, 2.24) is 19.0 Å². The Hall–Kier alpha value is -1.12. The van der Waals surface area contributed by atoms with Crippen molar-refractivity contribution in [3.05, 3.63) is 6.20 Å². The van der Waals surface area contributed by atoms with Gasteiger partial charge in [0.05, 0.1) is 0 Å². The van der Waals surface area contributed by atoms with Crippen LogP contribution in [0.25, 0.3) is 0 Å². The normalized spacial score (nSPS) is 21.4. The molecule has 0 amide bonds. The fraction of sp³-hybridized carbons (Fsp3) is 0.727. The summed E-state index contributed by atoms with van der Waals surface area (Å²) in [4.78, 5) is 2.30. The number of likely N-dealkylation sites (tertiary alicyclic amines) is 1. The lowest BCUT2D eigenvalue weighted by atomic mass is 10.1. The Bertz CT molecular complexity index is 553. The van der Waals surface area contributed by atoms with Gasteiger partial charge in [0.25, 0.3) is 0 Å². The first-order valence-corrected chi connectivity index (χ1v) is 7.68. The summed E-state index contributed by atoms with van der Waals surface area (Å²) in [5.74, 6) is 0.431. The van der Waals surface area contributed by atoms with Crippen LogP contribution in [0.15, 0.2) is 11.1 Å². The first kappa shape index (κ1) is 14.3. The van der Waals surface area contributed by atoms with Crippen LogP contribution in [0, 0.1) is 5.92 Å². The fourth-order valence-electron chi connectivity index (χ4n) is 2.49. The second kappa shape index (κ2) is 5.10. The van der Waals surface area contributed by atoms with E-state index in [1.54, 1.807) is 14.1 Å². The standard InChI is InChI=1S/C11H21N5O2S/c1-14-5-4-9(6-14)7-16(3)19(17,18)10-8-15(2)13-11(10)12/h8-9H,4-7H2,1-3H3,(H2,12,13). The molecule has 1 aromatic heterocycles. The smallest absolute Gasteiger partial charge is 0.248 e. The molecule has 1 aliphatic heterocycles. The molecule has 1 unspecified atom stereocenters. The first-order chi connectivity index (χ1) is 8.80. The molecule has 1 fully saturated rings. The Kier molecular flexibility index (Phi) is 3.84. The predicted octanol–water partition coefficient (Wildman–Crippen LogP) is -0.425. The van der Waals surface area contributed by atoms with E-state index >= 15 is 0 Å². The highest BCUT2D eigenvalue weighted by molar-refractivity contribution is 7.89. The molecule has 108 valence electrons. The summed E-state index contributed by atoms with van der Waals surface area (Å²) < 4.78 is 27.6. The SMILES string of the molecule is CN1CCC(CN(C)S(=O)(=O)c2cn(C)nc2N)C1. The highest BCUT2D eigenvalue weighted by atomic mass is 32.2. The largest absolute Gasteiger partial charge is 0.381 e. The van der Waals surface area contributed by atoms with Gasteiger partial charge in [-0.15, -0.1) is 0 Å². The Morgan fingerprint density at radius 1 is 1.53 bits per heavy atom. The van der Waals surface area contributed by atoms with Crippen molar-refractivity contribution >= 4 is 15.8 Å². The molecule has 7 nitrogen and oxygen atoms in total. The lowest BCUT2D eigenvalue weighted by Gasteiger charge is -2.20. The Morgan fingerprint density at radius 2 is 2.21 bits per heavy atom. The summed E-state index contributed by atoms with van der Waals surface area (Å²) in [7, 11) is 1.75. The number of nitrogen functional groups attached to an aromatic ring is 1. The molecule has 2 heterocycles. The third-order valence-corrected chi connectivity index (χ3v) is 5.35. The van der Waals surface area contributed by atoms with Crippen molar-refractivity contribution in [3.8, 4) is 0 Å². The summed E-state index contributed by atoms with van der Waals surface area (Å²) in [6.07, 6.45) is 2.47.